The average Bonchev–Trinajstić information content (AvgIpc) is 2.44. The summed E-state index contributed by atoms with van der Waals surface area (Å²) in [5, 5.41) is 22.3. The number of pyridine rings is 1. The second kappa shape index (κ2) is 6.38. The molecule has 0 atom stereocenters. The van der Waals surface area contributed by atoms with Crippen LogP contribution in [0, 0.1) is 3.70 Å². The van der Waals surface area contributed by atoms with Crippen molar-refractivity contribution in [2.24, 2.45) is 5.16 Å². The monoisotopic (exact) mass is 376 g/mol. The van der Waals surface area contributed by atoms with Crippen LogP contribution in [0.25, 0.3) is 0 Å². The van der Waals surface area contributed by atoms with Crippen LogP contribution >= 0.6 is 22.6 Å². The van der Waals surface area contributed by atoms with Crippen molar-refractivity contribution in [3.63, 3.8) is 0 Å². The largest absolute Gasteiger partial charge is 0.505 e. The van der Waals surface area contributed by atoms with Crippen molar-refractivity contribution in [3.8, 4) is 5.75 Å². The molecule has 0 aliphatic carbocycles. The van der Waals surface area contributed by atoms with Gasteiger partial charge in [0, 0.05) is 37.9 Å². The number of likely N-dealkylation sites (N-methyl/N-ethyl adjacent to an activating group) is 1. The summed E-state index contributed by atoms with van der Waals surface area (Å²) in [5.41, 5.74) is 0.630. The van der Waals surface area contributed by atoms with E-state index in [0.717, 1.165) is 32.7 Å². The van der Waals surface area contributed by atoms with Crippen LogP contribution < -0.4 is 0 Å². The van der Waals surface area contributed by atoms with Crippen molar-refractivity contribution >= 4 is 28.4 Å². The maximum absolute atomic E-state index is 9.69. The number of nitrogens with zero attached hydrogens (tertiary/aromatic N) is 4. The molecule has 2 N–H and O–H groups in total. The molecule has 1 fully saturated rings. The highest BCUT2D eigenvalue weighted by Gasteiger charge is 2.21. The van der Waals surface area contributed by atoms with Crippen LogP contribution in [-0.4, -0.2) is 63.7 Å². The molecule has 19 heavy (non-hydrogen) atoms. The minimum atomic E-state index is 0.103. The van der Waals surface area contributed by atoms with E-state index in [9.17, 15) is 10.3 Å². The quantitative estimate of drug-likeness (QED) is 0.203. The summed E-state index contributed by atoms with van der Waals surface area (Å²) in [6.07, 6.45) is 1.61. The van der Waals surface area contributed by atoms with E-state index in [0.29, 0.717) is 15.1 Å². The molecule has 0 spiro atoms. The molecule has 0 saturated carbocycles. The second-order valence-corrected chi connectivity index (χ2v) is 5.40. The summed E-state index contributed by atoms with van der Waals surface area (Å²) < 4.78 is 0.537. The predicted octanol–water partition coefficient (Wildman–Crippen LogP) is 1.17. The molecule has 2 rings (SSSR count). The van der Waals surface area contributed by atoms with Crippen molar-refractivity contribution in [3.05, 3.63) is 21.5 Å². The normalized spacial score (nSPS) is 17.8. The summed E-state index contributed by atoms with van der Waals surface area (Å²) >= 11 is 1.95. The van der Waals surface area contributed by atoms with Crippen molar-refractivity contribution in [1.82, 2.24) is 14.8 Å². The van der Waals surface area contributed by atoms with Crippen molar-refractivity contribution in [2.75, 3.05) is 32.7 Å². The van der Waals surface area contributed by atoms with Gasteiger partial charge in [-0.25, -0.2) is 4.98 Å². The van der Waals surface area contributed by atoms with Crippen LogP contribution in [0.15, 0.2) is 17.4 Å². The Morgan fingerprint density at radius 3 is 2.63 bits per heavy atom. The molecule has 104 valence electrons. The molecule has 6 nitrogen and oxygen atoms in total. The van der Waals surface area contributed by atoms with Gasteiger partial charge in [0.25, 0.3) is 0 Å². The summed E-state index contributed by atoms with van der Waals surface area (Å²) in [4.78, 5) is 8.43. The first-order valence-electron chi connectivity index (χ1n) is 6.20. The van der Waals surface area contributed by atoms with Gasteiger partial charge in [0.05, 0.1) is 0 Å². The maximum atomic E-state index is 9.69. The zero-order valence-corrected chi connectivity index (χ0v) is 12.9. The van der Waals surface area contributed by atoms with Crippen LogP contribution in [-0.2, 0) is 0 Å². The van der Waals surface area contributed by atoms with Gasteiger partial charge >= 0.3 is 0 Å². The van der Waals surface area contributed by atoms with E-state index in [-0.39, 0.29) is 5.75 Å². The number of aromatic hydroxyl groups is 1. The summed E-state index contributed by atoms with van der Waals surface area (Å²) in [7, 11) is 0. The van der Waals surface area contributed by atoms with E-state index in [1.807, 2.05) is 27.5 Å². The second-order valence-electron chi connectivity index (χ2n) is 4.38. The Hall–Kier alpha value is -1.09. The molecule has 7 heteroatoms. The lowest BCUT2D eigenvalue weighted by atomic mass is 10.2. The molecule has 0 amide bonds. The molecule has 1 aliphatic rings. The number of oxime groups is 1. The lowest BCUT2D eigenvalue weighted by molar-refractivity contribution is 0.185. The zero-order chi connectivity index (χ0) is 13.8. The predicted molar refractivity (Wildman–Crippen MR) is 80.6 cm³/mol. The van der Waals surface area contributed by atoms with Gasteiger partial charge in [0.1, 0.15) is 9.45 Å². The van der Waals surface area contributed by atoms with E-state index in [1.54, 1.807) is 12.3 Å². The Morgan fingerprint density at radius 1 is 1.42 bits per heavy atom. The van der Waals surface area contributed by atoms with Gasteiger partial charge in [-0.05, 0) is 35.2 Å². The van der Waals surface area contributed by atoms with E-state index in [2.05, 4.69) is 22.0 Å². The smallest absolute Gasteiger partial charge is 0.177 e. The topological polar surface area (TPSA) is 72.2 Å². The van der Waals surface area contributed by atoms with Gasteiger partial charge in [-0.15, -0.1) is 0 Å². The standard InChI is InChI=1S/C12H17IN4O2/c1-2-16-3-5-17(6-4-16)12(15-19)9-7-10(18)11(13)14-8-9/h7-8,18-19H,2-6H2,1H3. The van der Waals surface area contributed by atoms with E-state index < -0.39 is 0 Å². The lowest BCUT2D eigenvalue weighted by Gasteiger charge is -2.35. The fourth-order valence-electron chi connectivity index (χ4n) is 2.14. The van der Waals surface area contributed by atoms with Crippen molar-refractivity contribution < 1.29 is 10.3 Å². The van der Waals surface area contributed by atoms with Gasteiger partial charge in [0.15, 0.2) is 5.84 Å². The molecule has 1 saturated heterocycles. The third-order valence-electron chi connectivity index (χ3n) is 3.29. The van der Waals surface area contributed by atoms with Crippen LogP contribution in [0.4, 0.5) is 0 Å². The van der Waals surface area contributed by atoms with Gasteiger partial charge in [-0.2, -0.15) is 0 Å². The molecule has 1 aromatic rings. The fraction of sp³-hybridized carbons (Fsp3) is 0.500. The molecular formula is C12H17IN4O2. The summed E-state index contributed by atoms with van der Waals surface area (Å²) in [5.74, 6) is 0.571. The van der Waals surface area contributed by atoms with Gasteiger partial charge < -0.3 is 20.1 Å². The van der Waals surface area contributed by atoms with Gasteiger partial charge in [0.2, 0.25) is 0 Å². The Kier molecular flexibility index (Phi) is 4.81. The first kappa shape index (κ1) is 14.3. The summed E-state index contributed by atoms with van der Waals surface area (Å²) in [6, 6.07) is 1.58. The molecule has 0 bridgehead atoms. The minimum Gasteiger partial charge on any atom is -0.505 e. The summed E-state index contributed by atoms with van der Waals surface area (Å²) in [6.45, 7) is 6.67. The fourth-order valence-corrected chi connectivity index (χ4v) is 2.43. The maximum Gasteiger partial charge on any atom is 0.177 e. The Balaban J connectivity index is 2.15. The third-order valence-corrected chi connectivity index (χ3v) is 4.12. The molecule has 2 heterocycles. The molecule has 1 aliphatic heterocycles. The van der Waals surface area contributed by atoms with Crippen LogP contribution in [0.5, 0.6) is 5.75 Å². The highest BCUT2D eigenvalue weighted by atomic mass is 127. The number of rotatable bonds is 2. The molecule has 1 aromatic heterocycles. The highest BCUT2D eigenvalue weighted by Crippen LogP contribution is 2.19. The van der Waals surface area contributed by atoms with E-state index >= 15 is 0 Å². The Bertz CT molecular complexity index is 473. The van der Waals surface area contributed by atoms with Crippen molar-refractivity contribution in [1.29, 1.82) is 0 Å². The Morgan fingerprint density at radius 2 is 2.11 bits per heavy atom. The van der Waals surface area contributed by atoms with Crippen molar-refractivity contribution in [2.45, 2.75) is 6.92 Å². The number of halogens is 1. The van der Waals surface area contributed by atoms with Crippen LogP contribution in [0.1, 0.15) is 12.5 Å². The number of piperazine rings is 1. The first-order chi connectivity index (χ1) is 9.15. The number of amidine groups is 1. The van der Waals surface area contributed by atoms with Crippen LogP contribution in [0.2, 0.25) is 0 Å². The highest BCUT2D eigenvalue weighted by molar-refractivity contribution is 14.1. The number of hydrogen-bond acceptors (Lipinski definition) is 5. The van der Waals surface area contributed by atoms with Gasteiger partial charge in [-0.1, -0.05) is 12.1 Å². The average molecular weight is 376 g/mol. The lowest BCUT2D eigenvalue weighted by Crippen LogP contribution is -2.48. The molecule has 0 unspecified atom stereocenters. The number of aromatic nitrogens is 1. The molecule has 0 aromatic carbocycles. The van der Waals surface area contributed by atoms with E-state index in [4.69, 9.17) is 0 Å². The number of hydrogen-bond donors (Lipinski definition) is 2. The molecule has 0 radical (unpaired) electrons. The third kappa shape index (κ3) is 3.27. The van der Waals surface area contributed by atoms with Crippen LogP contribution in [0.3, 0.4) is 0 Å². The molecular weight excluding hydrogens is 359 g/mol. The zero-order valence-electron chi connectivity index (χ0n) is 10.8. The first-order valence-corrected chi connectivity index (χ1v) is 7.27. The van der Waals surface area contributed by atoms with E-state index in [1.165, 1.54) is 0 Å². The SMILES string of the molecule is CCN1CCN(C(=NO)c2cnc(I)c(O)c2)CC1. The van der Waals surface area contributed by atoms with Gasteiger partial charge in [-0.3, -0.25) is 0 Å². The Labute approximate surface area is 125 Å². The minimum absolute atomic E-state index is 0.103.